The third kappa shape index (κ3) is 3.23. The van der Waals surface area contributed by atoms with Crippen LogP contribution in [0.25, 0.3) is 0 Å². The second-order valence-corrected chi connectivity index (χ2v) is 7.36. The fraction of sp³-hybridized carbons (Fsp3) is 0.600. The predicted octanol–water partition coefficient (Wildman–Crippen LogP) is 3.34. The van der Waals surface area contributed by atoms with Gasteiger partial charge in [0.05, 0.1) is 12.1 Å². The smallest absolute Gasteiger partial charge is 0.176 e. The third-order valence-electron chi connectivity index (χ3n) is 5.72. The highest BCUT2D eigenvalue weighted by Crippen LogP contribution is 2.44. The van der Waals surface area contributed by atoms with E-state index in [1.165, 1.54) is 57.2 Å². The molecule has 1 saturated carbocycles. The van der Waals surface area contributed by atoms with E-state index >= 15 is 0 Å². The molecule has 1 aromatic heterocycles. The number of methoxy groups -OCH3 is 1. The molecule has 1 aliphatic carbocycles. The molecule has 0 spiro atoms. The summed E-state index contributed by atoms with van der Waals surface area (Å²) in [7, 11) is 1.71. The van der Waals surface area contributed by atoms with E-state index in [-0.39, 0.29) is 5.54 Å². The molecule has 0 amide bonds. The predicted molar refractivity (Wildman–Crippen MR) is 97.2 cm³/mol. The van der Waals surface area contributed by atoms with Gasteiger partial charge in [-0.05, 0) is 44.3 Å². The lowest BCUT2D eigenvalue weighted by atomic mass is 9.94. The number of likely N-dealkylation sites (tertiary alicyclic amines) is 1. The molecule has 2 aliphatic rings. The van der Waals surface area contributed by atoms with Gasteiger partial charge in [-0.1, -0.05) is 43.2 Å². The summed E-state index contributed by atoms with van der Waals surface area (Å²) in [4.78, 5) is 7.66. The Kier molecular flexibility index (Phi) is 4.86. The fourth-order valence-electron chi connectivity index (χ4n) is 4.58. The van der Waals surface area contributed by atoms with E-state index in [1.807, 2.05) is 0 Å². The van der Waals surface area contributed by atoms with Crippen LogP contribution < -0.4 is 0 Å². The van der Waals surface area contributed by atoms with Crippen molar-refractivity contribution in [2.24, 2.45) is 0 Å². The zero-order valence-electron chi connectivity index (χ0n) is 15.2. The van der Waals surface area contributed by atoms with Crippen LogP contribution in [0.1, 0.15) is 55.7 Å². The summed E-state index contributed by atoms with van der Waals surface area (Å²) in [5.41, 5.74) is 1.34. The zero-order valence-corrected chi connectivity index (χ0v) is 15.2. The molecule has 2 aromatic rings. The molecule has 0 bridgehead atoms. The average Bonchev–Trinajstić information content (AvgIpc) is 3.37. The van der Waals surface area contributed by atoms with E-state index in [9.17, 15) is 0 Å². The van der Waals surface area contributed by atoms with E-state index < -0.39 is 0 Å². The van der Waals surface area contributed by atoms with Crippen molar-refractivity contribution in [3.8, 4) is 0 Å². The van der Waals surface area contributed by atoms with Crippen molar-refractivity contribution in [2.75, 3.05) is 20.2 Å². The van der Waals surface area contributed by atoms with Crippen LogP contribution in [-0.4, -0.2) is 39.9 Å². The maximum Gasteiger partial charge on any atom is 0.176 e. The Hall–Kier alpha value is -1.72. The molecular formula is C20H28N4O. The Labute approximate surface area is 150 Å². The quantitative estimate of drug-likeness (QED) is 0.809. The maximum atomic E-state index is 5.32. The van der Waals surface area contributed by atoms with Crippen molar-refractivity contribution in [3.05, 3.63) is 47.5 Å². The zero-order chi connectivity index (χ0) is 17.1. The van der Waals surface area contributed by atoms with Gasteiger partial charge in [-0.15, -0.1) is 0 Å². The minimum Gasteiger partial charge on any atom is -0.377 e. The first-order valence-corrected chi connectivity index (χ1v) is 9.54. The lowest BCUT2D eigenvalue weighted by molar-refractivity contribution is 0.106. The van der Waals surface area contributed by atoms with E-state index in [0.29, 0.717) is 6.61 Å². The van der Waals surface area contributed by atoms with Crippen LogP contribution in [0.15, 0.2) is 30.3 Å². The number of ether oxygens (including phenoxy) is 1. The second kappa shape index (κ2) is 7.26. The Morgan fingerprint density at radius 2 is 1.76 bits per heavy atom. The van der Waals surface area contributed by atoms with Gasteiger partial charge in [0.1, 0.15) is 12.4 Å². The molecule has 25 heavy (non-hydrogen) atoms. The first-order chi connectivity index (χ1) is 12.3. The average molecular weight is 340 g/mol. The first-order valence-electron chi connectivity index (χ1n) is 9.54. The summed E-state index contributed by atoms with van der Waals surface area (Å²) in [6.45, 7) is 3.64. The summed E-state index contributed by atoms with van der Waals surface area (Å²) in [6, 6.07) is 10.6. The Morgan fingerprint density at radius 1 is 1.04 bits per heavy atom. The number of rotatable bonds is 6. The van der Waals surface area contributed by atoms with E-state index in [4.69, 9.17) is 14.8 Å². The van der Waals surface area contributed by atoms with Crippen LogP contribution in [-0.2, 0) is 23.4 Å². The van der Waals surface area contributed by atoms with Crippen molar-refractivity contribution < 1.29 is 4.74 Å². The highest BCUT2D eigenvalue weighted by molar-refractivity contribution is 5.18. The lowest BCUT2D eigenvalue weighted by Gasteiger charge is -2.38. The molecule has 2 fully saturated rings. The molecule has 4 rings (SSSR count). The molecule has 2 heterocycles. The van der Waals surface area contributed by atoms with E-state index in [0.717, 1.165) is 18.2 Å². The summed E-state index contributed by atoms with van der Waals surface area (Å²) < 4.78 is 7.46. The van der Waals surface area contributed by atoms with Gasteiger partial charge < -0.3 is 4.74 Å². The highest BCUT2D eigenvalue weighted by atomic mass is 16.5. The first kappa shape index (κ1) is 16.7. The molecule has 5 heteroatoms. The molecule has 0 N–H and O–H groups in total. The van der Waals surface area contributed by atoms with Crippen LogP contribution in [0.3, 0.4) is 0 Å². The number of hydrogen-bond donors (Lipinski definition) is 0. The molecule has 0 atom stereocenters. The van der Waals surface area contributed by atoms with Gasteiger partial charge >= 0.3 is 0 Å². The monoisotopic (exact) mass is 340 g/mol. The summed E-state index contributed by atoms with van der Waals surface area (Å²) in [5.74, 6) is 1.96. The summed E-state index contributed by atoms with van der Waals surface area (Å²) in [5, 5.41) is 4.81. The maximum absolute atomic E-state index is 5.32. The molecule has 1 aliphatic heterocycles. The molecule has 1 aromatic carbocycles. The molecular weight excluding hydrogens is 312 g/mol. The number of hydrogen-bond acceptors (Lipinski definition) is 4. The van der Waals surface area contributed by atoms with Gasteiger partial charge in [0.15, 0.2) is 5.82 Å². The van der Waals surface area contributed by atoms with Gasteiger partial charge in [-0.2, -0.15) is 5.10 Å². The van der Waals surface area contributed by atoms with E-state index in [2.05, 4.69) is 39.9 Å². The van der Waals surface area contributed by atoms with Crippen LogP contribution in [0.4, 0.5) is 0 Å². The fourth-order valence-corrected chi connectivity index (χ4v) is 4.58. The summed E-state index contributed by atoms with van der Waals surface area (Å²) >= 11 is 0. The SMILES string of the molecule is COCc1nc(C2(N3CCCC3)CCCC2)n(Cc2ccccc2)n1. The number of aromatic nitrogens is 3. The lowest BCUT2D eigenvalue weighted by Crippen LogP contribution is -2.44. The van der Waals surface area contributed by atoms with Crippen molar-refractivity contribution in [1.82, 2.24) is 19.7 Å². The van der Waals surface area contributed by atoms with E-state index in [1.54, 1.807) is 7.11 Å². The number of benzene rings is 1. The molecule has 0 radical (unpaired) electrons. The molecule has 1 saturated heterocycles. The van der Waals surface area contributed by atoms with Crippen molar-refractivity contribution in [3.63, 3.8) is 0 Å². The van der Waals surface area contributed by atoms with Gasteiger partial charge in [-0.3, -0.25) is 4.90 Å². The molecule has 134 valence electrons. The van der Waals surface area contributed by atoms with Crippen LogP contribution in [0.5, 0.6) is 0 Å². The largest absolute Gasteiger partial charge is 0.377 e. The van der Waals surface area contributed by atoms with Gasteiger partial charge in [0.25, 0.3) is 0 Å². The highest BCUT2D eigenvalue weighted by Gasteiger charge is 2.45. The topological polar surface area (TPSA) is 43.2 Å². The Morgan fingerprint density at radius 3 is 2.44 bits per heavy atom. The van der Waals surface area contributed by atoms with Crippen LogP contribution in [0, 0.1) is 0 Å². The summed E-state index contributed by atoms with van der Waals surface area (Å²) in [6.07, 6.45) is 7.58. The normalized spacial score (nSPS) is 20.4. The van der Waals surface area contributed by atoms with Gasteiger partial charge in [0.2, 0.25) is 0 Å². The van der Waals surface area contributed by atoms with Crippen LogP contribution >= 0.6 is 0 Å². The van der Waals surface area contributed by atoms with Gasteiger partial charge in [-0.25, -0.2) is 9.67 Å². The second-order valence-electron chi connectivity index (χ2n) is 7.36. The number of nitrogens with zero attached hydrogens (tertiary/aromatic N) is 4. The van der Waals surface area contributed by atoms with Crippen molar-refractivity contribution >= 4 is 0 Å². The van der Waals surface area contributed by atoms with Crippen molar-refractivity contribution in [2.45, 2.75) is 57.2 Å². The van der Waals surface area contributed by atoms with Crippen LogP contribution in [0.2, 0.25) is 0 Å². The Bertz CT molecular complexity index is 685. The molecule has 5 nitrogen and oxygen atoms in total. The minimum absolute atomic E-state index is 0.0737. The molecule has 0 unspecified atom stereocenters. The van der Waals surface area contributed by atoms with Gasteiger partial charge in [0, 0.05) is 7.11 Å². The third-order valence-corrected chi connectivity index (χ3v) is 5.72. The standard InChI is InChI=1S/C20H28N4O/c1-25-16-18-21-19(24(22-18)15-17-9-3-2-4-10-17)20(11-5-6-12-20)23-13-7-8-14-23/h2-4,9-10H,5-8,11-16H2,1H3. The van der Waals surface area contributed by atoms with Crippen molar-refractivity contribution in [1.29, 1.82) is 0 Å². The Balaban J connectivity index is 1.73. The minimum atomic E-state index is 0.0737.